The summed E-state index contributed by atoms with van der Waals surface area (Å²) < 4.78 is 10.8. The highest BCUT2D eigenvalue weighted by atomic mass is 16.6. The first-order valence-corrected chi connectivity index (χ1v) is 8.23. The smallest absolute Gasteiger partial charge is 0.410 e. The van der Waals surface area contributed by atoms with Crippen LogP contribution in [0.4, 0.5) is 4.79 Å². The summed E-state index contributed by atoms with van der Waals surface area (Å²) in [5, 5.41) is 3.59. The SMILES string of the molecule is CC(C)(C)OC(=O)N1CCC(NCCC2CCOCC2)C1. The number of rotatable bonds is 4. The summed E-state index contributed by atoms with van der Waals surface area (Å²) in [5.41, 5.74) is -0.411. The van der Waals surface area contributed by atoms with Gasteiger partial charge < -0.3 is 19.7 Å². The Labute approximate surface area is 128 Å². The lowest BCUT2D eigenvalue weighted by Crippen LogP contribution is -2.38. The summed E-state index contributed by atoms with van der Waals surface area (Å²) in [6.07, 6.45) is 4.43. The highest BCUT2D eigenvalue weighted by Crippen LogP contribution is 2.19. The molecule has 1 unspecified atom stereocenters. The lowest BCUT2D eigenvalue weighted by atomic mass is 9.96. The Balaban J connectivity index is 1.62. The number of carbonyl (C=O) groups is 1. The molecule has 2 aliphatic rings. The lowest BCUT2D eigenvalue weighted by Gasteiger charge is -2.25. The number of amides is 1. The summed E-state index contributed by atoms with van der Waals surface area (Å²) in [7, 11) is 0. The van der Waals surface area contributed by atoms with E-state index >= 15 is 0 Å². The zero-order valence-corrected chi connectivity index (χ0v) is 13.7. The van der Waals surface area contributed by atoms with Crippen LogP contribution in [0.25, 0.3) is 0 Å². The van der Waals surface area contributed by atoms with Crippen LogP contribution in [-0.2, 0) is 9.47 Å². The molecule has 1 atom stereocenters. The van der Waals surface area contributed by atoms with E-state index < -0.39 is 5.60 Å². The molecule has 0 radical (unpaired) electrons. The van der Waals surface area contributed by atoms with Crippen LogP contribution >= 0.6 is 0 Å². The molecule has 0 aliphatic carbocycles. The molecule has 2 fully saturated rings. The topological polar surface area (TPSA) is 50.8 Å². The molecule has 5 nitrogen and oxygen atoms in total. The second-order valence-electron chi connectivity index (χ2n) is 7.21. The number of hydrogen-bond donors (Lipinski definition) is 1. The molecule has 0 aromatic rings. The van der Waals surface area contributed by atoms with E-state index in [1.165, 1.54) is 19.3 Å². The van der Waals surface area contributed by atoms with Crippen molar-refractivity contribution < 1.29 is 14.3 Å². The van der Waals surface area contributed by atoms with Gasteiger partial charge in [0.1, 0.15) is 5.60 Å². The van der Waals surface area contributed by atoms with Gasteiger partial charge in [-0.25, -0.2) is 4.79 Å². The predicted molar refractivity (Wildman–Crippen MR) is 82.4 cm³/mol. The van der Waals surface area contributed by atoms with E-state index in [9.17, 15) is 4.79 Å². The maximum atomic E-state index is 12.0. The predicted octanol–water partition coefficient (Wildman–Crippen LogP) is 2.40. The fraction of sp³-hybridized carbons (Fsp3) is 0.938. The maximum Gasteiger partial charge on any atom is 0.410 e. The average molecular weight is 298 g/mol. The van der Waals surface area contributed by atoms with Crippen molar-refractivity contribution in [1.82, 2.24) is 10.2 Å². The van der Waals surface area contributed by atoms with Gasteiger partial charge in [0.2, 0.25) is 0 Å². The molecule has 1 amide bonds. The summed E-state index contributed by atoms with van der Waals surface area (Å²) >= 11 is 0. The van der Waals surface area contributed by atoms with Gasteiger partial charge in [-0.2, -0.15) is 0 Å². The van der Waals surface area contributed by atoms with Crippen LogP contribution in [0, 0.1) is 5.92 Å². The first-order chi connectivity index (χ1) is 9.94. The van der Waals surface area contributed by atoms with Crippen molar-refractivity contribution in [3.63, 3.8) is 0 Å². The quantitative estimate of drug-likeness (QED) is 0.866. The molecule has 0 aromatic carbocycles. The Morgan fingerprint density at radius 2 is 2.00 bits per heavy atom. The third kappa shape index (κ3) is 5.83. The summed E-state index contributed by atoms with van der Waals surface area (Å²) in [6.45, 7) is 10.2. The standard InChI is InChI=1S/C16H30N2O3/c1-16(2,3)21-15(19)18-9-5-14(12-18)17-8-4-13-6-10-20-11-7-13/h13-14,17H,4-12H2,1-3H3. The van der Waals surface area contributed by atoms with Crippen LogP contribution in [0.3, 0.4) is 0 Å². The molecule has 2 rings (SSSR count). The molecule has 0 spiro atoms. The average Bonchev–Trinajstić information content (AvgIpc) is 2.87. The van der Waals surface area contributed by atoms with E-state index in [2.05, 4.69) is 5.32 Å². The Kier molecular flexibility index (Phi) is 5.88. The number of likely N-dealkylation sites (tertiary alicyclic amines) is 1. The van der Waals surface area contributed by atoms with Gasteiger partial charge in [0.15, 0.2) is 0 Å². The van der Waals surface area contributed by atoms with E-state index in [-0.39, 0.29) is 6.09 Å². The van der Waals surface area contributed by atoms with E-state index in [1.54, 1.807) is 0 Å². The second-order valence-corrected chi connectivity index (χ2v) is 7.21. The van der Waals surface area contributed by atoms with Crippen LogP contribution < -0.4 is 5.32 Å². The molecular formula is C16H30N2O3. The number of nitrogens with zero attached hydrogens (tertiary/aromatic N) is 1. The molecule has 0 bridgehead atoms. The van der Waals surface area contributed by atoms with Crippen molar-refractivity contribution in [3.05, 3.63) is 0 Å². The van der Waals surface area contributed by atoms with E-state index in [4.69, 9.17) is 9.47 Å². The van der Waals surface area contributed by atoms with Crippen molar-refractivity contribution in [2.45, 2.75) is 58.1 Å². The summed E-state index contributed by atoms with van der Waals surface area (Å²) in [4.78, 5) is 13.8. The van der Waals surface area contributed by atoms with Crippen molar-refractivity contribution in [2.24, 2.45) is 5.92 Å². The molecular weight excluding hydrogens is 268 g/mol. The minimum atomic E-state index is -0.411. The third-order valence-corrected chi connectivity index (χ3v) is 4.17. The normalized spacial score (nSPS) is 24.3. The van der Waals surface area contributed by atoms with Crippen LogP contribution in [0.15, 0.2) is 0 Å². The fourth-order valence-corrected chi connectivity index (χ4v) is 2.95. The van der Waals surface area contributed by atoms with Gasteiger partial charge in [0.25, 0.3) is 0 Å². The number of ether oxygens (including phenoxy) is 2. The molecule has 2 aliphatic heterocycles. The van der Waals surface area contributed by atoms with Gasteiger partial charge >= 0.3 is 6.09 Å². The van der Waals surface area contributed by atoms with E-state index in [0.717, 1.165) is 45.2 Å². The van der Waals surface area contributed by atoms with Crippen molar-refractivity contribution >= 4 is 6.09 Å². The van der Waals surface area contributed by atoms with Crippen molar-refractivity contribution in [1.29, 1.82) is 0 Å². The molecule has 21 heavy (non-hydrogen) atoms. The molecule has 0 saturated carbocycles. The number of carbonyl (C=O) groups excluding carboxylic acids is 1. The largest absolute Gasteiger partial charge is 0.444 e. The van der Waals surface area contributed by atoms with E-state index in [1.807, 2.05) is 25.7 Å². The van der Waals surface area contributed by atoms with Gasteiger partial charge in [0.05, 0.1) is 0 Å². The summed E-state index contributed by atoms with van der Waals surface area (Å²) in [6, 6.07) is 0.414. The number of hydrogen-bond acceptors (Lipinski definition) is 4. The molecule has 0 aromatic heterocycles. The molecule has 122 valence electrons. The van der Waals surface area contributed by atoms with Gasteiger partial charge in [-0.15, -0.1) is 0 Å². The van der Waals surface area contributed by atoms with E-state index in [0.29, 0.717) is 6.04 Å². The Morgan fingerprint density at radius 1 is 1.29 bits per heavy atom. The Hall–Kier alpha value is -0.810. The maximum absolute atomic E-state index is 12.0. The van der Waals surface area contributed by atoms with Crippen molar-refractivity contribution in [2.75, 3.05) is 32.8 Å². The highest BCUT2D eigenvalue weighted by Gasteiger charge is 2.29. The molecule has 2 heterocycles. The van der Waals surface area contributed by atoms with Crippen LogP contribution in [0.2, 0.25) is 0 Å². The lowest BCUT2D eigenvalue weighted by molar-refractivity contribution is 0.0290. The molecule has 1 N–H and O–H groups in total. The Morgan fingerprint density at radius 3 is 2.67 bits per heavy atom. The molecule has 5 heteroatoms. The minimum Gasteiger partial charge on any atom is -0.444 e. The van der Waals surface area contributed by atoms with Gasteiger partial charge in [-0.3, -0.25) is 0 Å². The second kappa shape index (κ2) is 7.45. The minimum absolute atomic E-state index is 0.184. The van der Waals surface area contributed by atoms with Crippen LogP contribution in [0.5, 0.6) is 0 Å². The van der Waals surface area contributed by atoms with Crippen molar-refractivity contribution in [3.8, 4) is 0 Å². The monoisotopic (exact) mass is 298 g/mol. The van der Waals surface area contributed by atoms with Crippen LogP contribution in [0.1, 0.15) is 46.5 Å². The number of nitrogens with one attached hydrogen (secondary N) is 1. The first kappa shape index (κ1) is 16.6. The van der Waals surface area contributed by atoms with Gasteiger partial charge in [0, 0.05) is 32.3 Å². The van der Waals surface area contributed by atoms with Gasteiger partial charge in [-0.05, 0) is 58.9 Å². The fourth-order valence-electron chi connectivity index (χ4n) is 2.95. The zero-order chi connectivity index (χ0) is 15.3. The van der Waals surface area contributed by atoms with Gasteiger partial charge in [-0.1, -0.05) is 0 Å². The third-order valence-electron chi connectivity index (χ3n) is 4.17. The highest BCUT2D eigenvalue weighted by molar-refractivity contribution is 5.68. The first-order valence-electron chi connectivity index (χ1n) is 8.23. The molecule has 2 saturated heterocycles. The van der Waals surface area contributed by atoms with Crippen LogP contribution in [-0.4, -0.2) is 55.5 Å². The summed E-state index contributed by atoms with van der Waals surface area (Å²) in [5.74, 6) is 0.801. The zero-order valence-electron chi connectivity index (χ0n) is 13.7. The Bertz CT molecular complexity index is 335.